The van der Waals surface area contributed by atoms with E-state index in [1.165, 1.54) is 6.07 Å². The molecule has 0 saturated carbocycles. The van der Waals surface area contributed by atoms with Gasteiger partial charge in [0.15, 0.2) is 5.76 Å². The maximum atomic E-state index is 12.8. The van der Waals surface area contributed by atoms with Gasteiger partial charge in [-0.25, -0.2) is 4.98 Å². The minimum atomic E-state index is -0.448. The number of pyridine rings is 1. The summed E-state index contributed by atoms with van der Waals surface area (Å²) in [4.78, 5) is 17.3. The Kier molecular flexibility index (Phi) is 4.04. The van der Waals surface area contributed by atoms with E-state index in [-0.39, 0.29) is 28.6 Å². The number of hydrogen-bond donors (Lipinski definition) is 2. The Morgan fingerprint density at radius 2 is 1.90 bits per heavy atom. The second kappa shape index (κ2) is 6.64. The third kappa shape index (κ3) is 2.81. The average molecular weight is 419 g/mol. The fourth-order valence-electron chi connectivity index (χ4n) is 3.74. The van der Waals surface area contributed by atoms with E-state index in [1.54, 1.807) is 12.3 Å². The number of benzene rings is 2. The maximum absolute atomic E-state index is 12.8. The molecule has 3 heterocycles. The highest BCUT2D eigenvalue weighted by molar-refractivity contribution is 6.30. The van der Waals surface area contributed by atoms with Gasteiger partial charge in [-0.1, -0.05) is 23.7 Å². The lowest BCUT2D eigenvalue weighted by Gasteiger charge is -2.06. The van der Waals surface area contributed by atoms with Gasteiger partial charge in [0.25, 0.3) is 0 Å². The summed E-state index contributed by atoms with van der Waals surface area (Å²) in [6, 6.07) is 11.8. The third-order valence-corrected chi connectivity index (χ3v) is 5.32. The van der Waals surface area contributed by atoms with Crippen LogP contribution in [0.4, 0.5) is 0 Å². The van der Waals surface area contributed by atoms with E-state index in [0.717, 1.165) is 33.8 Å². The Balaban J connectivity index is 1.68. The van der Waals surface area contributed by atoms with E-state index < -0.39 is 5.78 Å². The van der Waals surface area contributed by atoms with Gasteiger partial charge in [-0.2, -0.15) is 0 Å². The highest BCUT2D eigenvalue weighted by atomic mass is 35.5. The molecule has 6 nitrogen and oxygen atoms in total. The zero-order valence-corrected chi connectivity index (χ0v) is 16.5. The van der Waals surface area contributed by atoms with Crippen molar-refractivity contribution in [1.29, 1.82) is 0 Å². The van der Waals surface area contributed by atoms with Crippen LogP contribution >= 0.6 is 11.6 Å². The second-order valence-corrected chi connectivity index (χ2v) is 7.47. The number of carbonyl (C=O) groups is 1. The summed E-state index contributed by atoms with van der Waals surface area (Å²) < 4.78 is 7.52. The van der Waals surface area contributed by atoms with Crippen LogP contribution < -0.4 is 4.74 Å². The number of nitrogens with zero attached hydrogens (tertiary/aromatic N) is 2. The van der Waals surface area contributed by atoms with Gasteiger partial charge in [0, 0.05) is 47.5 Å². The van der Waals surface area contributed by atoms with Gasteiger partial charge in [-0.05, 0) is 35.4 Å². The highest BCUT2D eigenvalue weighted by Crippen LogP contribution is 2.41. The molecule has 30 heavy (non-hydrogen) atoms. The van der Waals surface area contributed by atoms with Crippen molar-refractivity contribution in [2.75, 3.05) is 0 Å². The molecule has 0 saturated heterocycles. The summed E-state index contributed by atoms with van der Waals surface area (Å²) in [5.41, 5.74) is 3.42. The van der Waals surface area contributed by atoms with Crippen LogP contribution in [0.25, 0.3) is 28.2 Å². The summed E-state index contributed by atoms with van der Waals surface area (Å²) in [5, 5.41) is 21.2. The van der Waals surface area contributed by atoms with Crippen molar-refractivity contribution >= 4 is 34.5 Å². The number of aryl methyl sites for hydroxylation is 1. The molecule has 0 unspecified atom stereocenters. The van der Waals surface area contributed by atoms with Gasteiger partial charge in [-0.3, -0.25) is 4.79 Å². The molecule has 0 bridgehead atoms. The van der Waals surface area contributed by atoms with Crippen molar-refractivity contribution in [3.63, 3.8) is 0 Å². The summed E-state index contributed by atoms with van der Waals surface area (Å²) in [6.45, 7) is 0. The smallest absolute Gasteiger partial charge is 0.235 e. The van der Waals surface area contributed by atoms with Gasteiger partial charge in [0.1, 0.15) is 28.5 Å². The molecule has 5 rings (SSSR count). The third-order valence-electron chi connectivity index (χ3n) is 5.07. The van der Waals surface area contributed by atoms with Gasteiger partial charge >= 0.3 is 0 Å². The lowest BCUT2D eigenvalue weighted by molar-refractivity contribution is 0.101. The molecule has 0 amide bonds. The first-order valence-electron chi connectivity index (χ1n) is 9.12. The number of ketones is 1. The fraction of sp³-hybridized carbons (Fsp3) is 0.0435. The standard InChI is InChI=1S/C23H15ClN2O4/c1-26-11-13(8-19-22(29)21-17(28)9-15(27)10-18(21)30-19)20-16(6-7-25-23(20)26)12-2-4-14(24)5-3-12/h2-11,27-28H,1H3. The lowest BCUT2D eigenvalue weighted by atomic mass is 10.0. The zero-order valence-electron chi connectivity index (χ0n) is 15.8. The molecule has 2 aromatic heterocycles. The number of aromatic nitrogens is 2. The minimum absolute atomic E-state index is 0.0373. The number of hydrogen-bond acceptors (Lipinski definition) is 5. The first-order valence-corrected chi connectivity index (χ1v) is 9.50. The van der Waals surface area contributed by atoms with Crippen molar-refractivity contribution in [3.05, 3.63) is 76.8 Å². The van der Waals surface area contributed by atoms with Crippen LogP contribution in [0.3, 0.4) is 0 Å². The number of halogens is 1. The zero-order chi connectivity index (χ0) is 21.0. The lowest BCUT2D eigenvalue weighted by Crippen LogP contribution is -1.98. The SMILES string of the molecule is Cn1cc(C=C2Oc3cc(O)cc(O)c3C2=O)c2c(-c3ccc(Cl)cc3)ccnc21. The molecule has 0 fully saturated rings. The average Bonchev–Trinajstić information content (AvgIpc) is 3.19. The predicted molar refractivity (Wildman–Crippen MR) is 114 cm³/mol. The van der Waals surface area contributed by atoms with Crippen molar-refractivity contribution < 1.29 is 19.7 Å². The highest BCUT2D eigenvalue weighted by Gasteiger charge is 2.31. The molecular formula is C23H15ClN2O4. The summed E-state index contributed by atoms with van der Waals surface area (Å²) in [7, 11) is 1.87. The number of phenols is 2. The van der Waals surface area contributed by atoms with Crippen molar-refractivity contribution in [1.82, 2.24) is 9.55 Å². The Morgan fingerprint density at radius 3 is 2.67 bits per heavy atom. The van der Waals surface area contributed by atoms with Gasteiger partial charge in [0.2, 0.25) is 5.78 Å². The molecule has 0 radical (unpaired) electrons. The number of Topliss-reactive ketones (excluding diaryl/α,β-unsaturated/α-hetero) is 1. The minimum Gasteiger partial charge on any atom is -0.508 e. The number of carbonyl (C=O) groups excluding carboxylic acids is 1. The summed E-state index contributed by atoms with van der Waals surface area (Å²) >= 11 is 6.03. The van der Waals surface area contributed by atoms with E-state index in [1.807, 2.05) is 48.1 Å². The van der Waals surface area contributed by atoms with Crippen LogP contribution in [0.5, 0.6) is 17.2 Å². The van der Waals surface area contributed by atoms with Crippen LogP contribution in [-0.4, -0.2) is 25.5 Å². The second-order valence-electron chi connectivity index (χ2n) is 7.04. The van der Waals surface area contributed by atoms with E-state index in [4.69, 9.17) is 16.3 Å². The molecule has 2 N–H and O–H groups in total. The van der Waals surface area contributed by atoms with Gasteiger partial charge in [0.05, 0.1) is 0 Å². The molecule has 4 aromatic rings. The van der Waals surface area contributed by atoms with Crippen molar-refractivity contribution in [2.24, 2.45) is 7.05 Å². The first-order chi connectivity index (χ1) is 14.4. The number of phenolic OH excluding ortho intramolecular Hbond substituents is 2. The van der Waals surface area contributed by atoms with E-state index in [9.17, 15) is 15.0 Å². The number of aromatic hydroxyl groups is 2. The van der Waals surface area contributed by atoms with Crippen LogP contribution in [0, 0.1) is 0 Å². The molecule has 7 heteroatoms. The Morgan fingerprint density at radius 1 is 1.13 bits per heavy atom. The van der Waals surface area contributed by atoms with Gasteiger partial charge < -0.3 is 19.5 Å². The molecule has 1 aliphatic rings. The molecule has 1 aliphatic heterocycles. The molecule has 0 atom stereocenters. The van der Waals surface area contributed by atoms with Crippen LogP contribution in [0.1, 0.15) is 15.9 Å². The number of allylic oxidation sites excluding steroid dienone is 1. The van der Waals surface area contributed by atoms with E-state index in [2.05, 4.69) is 4.98 Å². The quantitative estimate of drug-likeness (QED) is 0.451. The van der Waals surface area contributed by atoms with Crippen LogP contribution in [0.2, 0.25) is 5.02 Å². The molecular weight excluding hydrogens is 404 g/mol. The normalized spacial score (nSPS) is 14.3. The van der Waals surface area contributed by atoms with Crippen molar-refractivity contribution in [3.8, 4) is 28.4 Å². The predicted octanol–water partition coefficient (Wildman–Crippen LogP) is 4.92. The summed E-state index contributed by atoms with van der Waals surface area (Å²) in [6.07, 6.45) is 5.22. The molecule has 0 spiro atoms. The number of ether oxygens (including phenoxy) is 1. The summed E-state index contributed by atoms with van der Waals surface area (Å²) in [5.74, 6) is -0.764. The largest absolute Gasteiger partial charge is 0.508 e. The van der Waals surface area contributed by atoms with Gasteiger partial charge in [-0.15, -0.1) is 0 Å². The topological polar surface area (TPSA) is 84.6 Å². The van der Waals surface area contributed by atoms with Crippen LogP contribution in [0.15, 0.2) is 60.6 Å². The van der Waals surface area contributed by atoms with Crippen molar-refractivity contribution in [2.45, 2.75) is 0 Å². The molecule has 148 valence electrons. The molecule has 2 aromatic carbocycles. The fourth-order valence-corrected chi connectivity index (χ4v) is 3.86. The number of fused-ring (bicyclic) bond motifs is 2. The Bertz CT molecular complexity index is 1370. The van der Waals surface area contributed by atoms with Crippen LogP contribution in [-0.2, 0) is 7.05 Å². The first kappa shape index (κ1) is 18.3. The van der Waals surface area contributed by atoms with E-state index >= 15 is 0 Å². The maximum Gasteiger partial charge on any atom is 0.235 e. The van der Waals surface area contributed by atoms with E-state index in [0.29, 0.717) is 5.02 Å². The Labute approximate surface area is 176 Å². The Hall–Kier alpha value is -3.77. The monoisotopic (exact) mass is 418 g/mol. The molecule has 0 aliphatic carbocycles. The number of rotatable bonds is 2.